The SMILES string of the molecule is CN1CCN(C(=O)Nc2ccc(Cl)cc2C(=O)O)CC1=O. The van der Waals surface area contributed by atoms with Crippen LogP contribution in [0.5, 0.6) is 0 Å². The fourth-order valence-electron chi connectivity index (χ4n) is 1.93. The number of amides is 3. The number of likely N-dealkylation sites (N-methyl/N-ethyl adjacent to an activating group) is 1. The van der Waals surface area contributed by atoms with E-state index in [0.717, 1.165) is 0 Å². The molecule has 3 amide bonds. The third-order valence-electron chi connectivity index (χ3n) is 3.20. The summed E-state index contributed by atoms with van der Waals surface area (Å²) in [5, 5.41) is 11.9. The van der Waals surface area contributed by atoms with Crippen molar-refractivity contribution in [2.45, 2.75) is 0 Å². The number of nitrogens with one attached hydrogen (secondary N) is 1. The molecule has 112 valence electrons. The zero-order valence-electron chi connectivity index (χ0n) is 11.3. The van der Waals surface area contributed by atoms with Crippen LogP contribution in [-0.2, 0) is 4.79 Å². The van der Waals surface area contributed by atoms with Crippen molar-refractivity contribution >= 4 is 35.2 Å². The zero-order chi connectivity index (χ0) is 15.6. The van der Waals surface area contributed by atoms with Crippen LogP contribution in [0.2, 0.25) is 5.02 Å². The highest BCUT2D eigenvalue weighted by atomic mass is 35.5. The first-order chi connectivity index (χ1) is 9.88. The Morgan fingerprint density at radius 1 is 1.33 bits per heavy atom. The summed E-state index contributed by atoms with van der Waals surface area (Å²) >= 11 is 5.74. The lowest BCUT2D eigenvalue weighted by Gasteiger charge is -2.32. The van der Waals surface area contributed by atoms with Crippen molar-refractivity contribution in [1.82, 2.24) is 9.80 Å². The third-order valence-corrected chi connectivity index (χ3v) is 3.43. The van der Waals surface area contributed by atoms with Crippen LogP contribution in [0.15, 0.2) is 18.2 Å². The van der Waals surface area contributed by atoms with Crippen molar-refractivity contribution < 1.29 is 19.5 Å². The first kappa shape index (κ1) is 15.1. The van der Waals surface area contributed by atoms with Crippen LogP contribution in [0.25, 0.3) is 0 Å². The van der Waals surface area contributed by atoms with Crippen LogP contribution in [0.3, 0.4) is 0 Å². The molecule has 1 aliphatic heterocycles. The standard InChI is InChI=1S/C13H14ClN3O4/c1-16-4-5-17(7-11(16)18)13(21)15-10-3-2-8(14)6-9(10)12(19)20/h2-3,6H,4-5,7H2,1H3,(H,15,21)(H,19,20). The van der Waals surface area contributed by atoms with Gasteiger partial charge in [-0.25, -0.2) is 9.59 Å². The Labute approximate surface area is 126 Å². The van der Waals surface area contributed by atoms with Gasteiger partial charge in [0.2, 0.25) is 5.91 Å². The monoisotopic (exact) mass is 311 g/mol. The van der Waals surface area contributed by atoms with Crippen LogP contribution < -0.4 is 5.32 Å². The number of carbonyl (C=O) groups is 3. The number of nitrogens with zero attached hydrogens (tertiary/aromatic N) is 2. The average molecular weight is 312 g/mol. The van der Waals surface area contributed by atoms with E-state index in [-0.39, 0.29) is 28.7 Å². The molecule has 0 aliphatic carbocycles. The van der Waals surface area contributed by atoms with Crippen molar-refractivity contribution in [2.24, 2.45) is 0 Å². The summed E-state index contributed by atoms with van der Waals surface area (Å²) in [5.74, 6) is -1.35. The number of carboxylic acids is 1. The molecular weight excluding hydrogens is 298 g/mol. The number of aromatic carboxylic acids is 1. The molecular formula is C13H14ClN3O4. The largest absolute Gasteiger partial charge is 0.478 e. The highest BCUT2D eigenvalue weighted by Crippen LogP contribution is 2.21. The fourth-order valence-corrected chi connectivity index (χ4v) is 2.10. The van der Waals surface area contributed by atoms with Gasteiger partial charge in [0.25, 0.3) is 0 Å². The van der Waals surface area contributed by atoms with E-state index in [1.807, 2.05) is 0 Å². The van der Waals surface area contributed by atoms with E-state index < -0.39 is 12.0 Å². The molecule has 0 radical (unpaired) electrons. The van der Waals surface area contributed by atoms with Gasteiger partial charge < -0.3 is 20.2 Å². The molecule has 1 aromatic rings. The van der Waals surface area contributed by atoms with Gasteiger partial charge in [-0.3, -0.25) is 4.79 Å². The van der Waals surface area contributed by atoms with Gasteiger partial charge in [-0.2, -0.15) is 0 Å². The molecule has 0 unspecified atom stereocenters. The van der Waals surface area contributed by atoms with Gasteiger partial charge in [-0.05, 0) is 18.2 Å². The van der Waals surface area contributed by atoms with Crippen LogP contribution in [0.1, 0.15) is 10.4 Å². The number of benzene rings is 1. The molecule has 1 fully saturated rings. The lowest BCUT2D eigenvalue weighted by atomic mass is 10.2. The highest BCUT2D eigenvalue weighted by Gasteiger charge is 2.25. The molecule has 2 rings (SSSR count). The Morgan fingerprint density at radius 2 is 2.05 bits per heavy atom. The number of urea groups is 1. The Balaban J connectivity index is 2.13. The van der Waals surface area contributed by atoms with Gasteiger partial charge in [0, 0.05) is 25.2 Å². The minimum absolute atomic E-state index is 0.0294. The van der Waals surface area contributed by atoms with Crippen LogP contribution >= 0.6 is 11.6 Å². The number of hydrogen-bond acceptors (Lipinski definition) is 3. The maximum absolute atomic E-state index is 12.1. The highest BCUT2D eigenvalue weighted by molar-refractivity contribution is 6.31. The number of carbonyl (C=O) groups excluding carboxylic acids is 2. The summed E-state index contributed by atoms with van der Waals surface area (Å²) in [6.45, 7) is 0.807. The quantitative estimate of drug-likeness (QED) is 0.862. The molecule has 0 saturated carbocycles. The molecule has 0 spiro atoms. The topological polar surface area (TPSA) is 89.9 Å². The summed E-state index contributed by atoms with van der Waals surface area (Å²) in [6, 6.07) is 3.65. The van der Waals surface area contributed by atoms with Crippen LogP contribution in [-0.4, -0.2) is 59.5 Å². The number of halogens is 1. The zero-order valence-corrected chi connectivity index (χ0v) is 12.1. The number of rotatable bonds is 2. The first-order valence-electron chi connectivity index (χ1n) is 6.21. The van der Waals surface area contributed by atoms with E-state index in [9.17, 15) is 14.4 Å². The average Bonchev–Trinajstić information content (AvgIpc) is 2.43. The summed E-state index contributed by atoms with van der Waals surface area (Å²) < 4.78 is 0. The van der Waals surface area contributed by atoms with Gasteiger partial charge in [0.05, 0.1) is 11.3 Å². The van der Waals surface area contributed by atoms with Crippen molar-refractivity contribution in [2.75, 3.05) is 32.0 Å². The normalized spacial score (nSPS) is 15.0. The molecule has 21 heavy (non-hydrogen) atoms. The van der Waals surface area contributed by atoms with Gasteiger partial charge in [-0.1, -0.05) is 11.6 Å². The second-order valence-electron chi connectivity index (χ2n) is 4.66. The smallest absolute Gasteiger partial charge is 0.337 e. The summed E-state index contributed by atoms with van der Waals surface area (Å²) in [5.41, 5.74) is 0.0413. The second kappa shape index (κ2) is 6.01. The van der Waals surface area contributed by atoms with Crippen LogP contribution in [0.4, 0.5) is 10.5 Å². The van der Waals surface area contributed by atoms with Crippen molar-refractivity contribution in [3.8, 4) is 0 Å². The second-order valence-corrected chi connectivity index (χ2v) is 5.10. The molecule has 8 heteroatoms. The molecule has 2 N–H and O–H groups in total. The Hall–Kier alpha value is -2.28. The van der Waals surface area contributed by atoms with E-state index >= 15 is 0 Å². The van der Waals surface area contributed by atoms with Crippen LogP contribution in [0, 0.1) is 0 Å². The van der Waals surface area contributed by atoms with Gasteiger partial charge in [0.1, 0.15) is 6.54 Å². The van der Waals surface area contributed by atoms with E-state index in [1.54, 1.807) is 7.05 Å². The number of anilines is 1. The fraction of sp³-hybridized carbons (Fsp3) is 0.308. The summed E-state index contributed by atoms with van der Waals surface area (Å²) in [4.78, 5) is 37.7. The van der Waals surface area contributed by atoms with E-state index in [4.69, 9.17) is 16.7 Å². The Kier molecular flexibility index (Phi) is 4.32. The number of piperazine rings is 1. The molecule has 7 nitrogen and oxygen atoms in total. The van der Waals surface area contributed by atoms with E-state index in [0.29, 0.717) is 13.1 Å². The number of hydrogen-bond donors (Lipinski definition) is 2. The van der Waals surface area contributed by atoms with Gasteiger partial charge in [-0.15, -0.1) is 0 Å². The Bertz CT molecular complexity index is 605. The van der Waals surface area contributed by atoms with Crippen molar-refractivity contribution in [3.05, 3.63) is 28.8 Å². The predicted molar refractivity (Wildman–Crippen MR) is 76.6 cm³/mol. The number of carboxylic acid groups (broad SMARTS) is 1. The predicted octanol–water partition coefficient (Wildman–Crippen LogP) is 1.34. The molecule has 0 bridgehead atoms. The third kappa shape index (κ3) is 3.43. The lowest BCUT2D eigenvalue weighted by molar-refractivity contribution is -0.133. The molecule has 0 aromatic heterocycles. The molecule has 1 aliphatic rings. The first-order valence-corrected chi connectivity index (χ1v) is 6.59. The lowest BCUT2D eigenvalue weighted by Crippen LogP contribution is -2.51. The molecule has 1 saturated heterocycles. The van der Waals surface area contributed by atoms with Gasteiger partial charge >= 0.3 is 12.0 Å². The van der Waals surface area contributed by atoms with Crippen molar-refractivity contribution in [1.29, 1.82) is 0 Å². The van der Waals surface area contributed by atoms with E-state index in [1.165, 1.54) is 28.0 Å². The van der Waals surface area contributed by atoms with E-state index in [2.05, 4.69) is 5.32 Å². The summed E-state index contributed by atoms with van der Waals surface area (Å²) in [7, 11) is 1.67. The molecule has 1 heterocycles. The minimum atomic E-state index is -1.19. The maximum Gasteiger partial charge on any atom is 0.337 e. The molecule has 1 aromatic carbocycles. The van der Waals surface area contributed by atoms with Crippen molar-refractivity contribution in [3.63, 3.8) is 0 Å². The Morgan fingerprint density at radius 3 is 2.67 bits per heavy atom. The van der Waals surface area contributed by atoms with Gasteiger partial charge in [0.15, 0.2) is 0 Å². The maximum atomic E-state index is 12.1. The molecule has 0 atom stereocenters. The summed E-state index contributed by atoms with van der Waals surface area (Å²) in [6.07, 6.45) is 0. The minimum Gasteiger partial charge on any atom is -0.478 e.